The van der Waals surface area contributed by atoms with Crippen molar-refractivity contribution < 1.29 is 9.59 Å². The zero-order valence-electron chi connectivity index (χ0n) is 12.5. The van der Waals surface area contributed by atoms with E-state index in [1.807, 2.05) is 4.90 Å². The molecule has 1 aliphatic carbocycles. The lowest BCUT2D eigenvalue weighted by Gasteiger charge is -2.39. The third-order valence-corrected chi connectivity index (χ3v) is 4.57. The Bertz CT molecular complexity index is 346. The van der Waals surface area contributed by atoms with Crippen LogP contribution in [0.4, 0.5) is 4.79 Å². The first kappa shape index (κ1) is 15.1. The van der Waals surface area contributed by atoms with Crippen LogP contribution in [0.1, 0.15) is 51.4 Å². The van der Waals surface area contributed by atoms with Gasteiger partial charge in [-0.3, -0.25) is 4.79 Å². The Labute approximate surface area is 121 Å². The predicted molar refractivity (Wildman–Crippen MR) is 78.4 cm³/mol. The van der Waals surface area contributed by atoms with E-state index in [0.29, 0.717) is 0 Å². The van der Waals surface area contributed by atoms with E-state index in [-0.39, 0.29) is 23.9 Å². The molecule has 20 heavy (non-hydrogen) atoms. The van der Waals surface area contributed by atoms with Gasteiger partial charge in [0.2, 0.25) is 5.91 Å². The summed E-state index contributed by atoms with van der Waals surface area (Å²) in [6, 6.07) is 0.0377. The lowest BCUT2D eigenvalue weighted by molar-refractivity contribution is -0.127. The summed E-state index contributed by atoms with van der Waals surface area (Å²) in [4.78, 5) is 26.4. The number of nitrogens with zero attached hydrogens (tertiary/aromatic N) is 1. The minimum Gasteiger partial charge on any atom is -0.356 e. The summed E-state index contributed by atoms with van der Waals surface area (Å²) in [6.07, 6.45) is 8.39. The number of rotatable bonds is 0. The maximum atomic E-state index is 12.4. The highest BCUT2D eigenvalue weighted by molar-refractivity contribution is 5.81. The van der Waals surface area contributed by atoms with E-state index in [4.69, 9.17) is 0 Å². The molecule has 2 N–H and O–H groups in total. The van der Waals surface area contributed by atoms with Crippen molar-refractivity contribution in [2.75, 3.05) is 20.1 Å². The third-order valence-electron chi connectivity index (χ3n) is 4.57. The molecule has 5 heteroatoms. The van der Waals surface area contributed by atoms with Gasteiger partial charge in [-0.15, -0.1) is 0 Å². The van der Waals surface area contributed by atoms with Gasteiger partial charge < -0.3 is 15.5 Å². The molecular weight excluding hydrogens is 254 g/mol. The number of nitrogens with one attached hydrogen (secondary N) is 2. The number of hydrogen-bond donors (Lipinski definition) is 2. The van der Waals surface area contributed by atoms with Crippen LogP contribution in [0.25, 0.3) is 0 Å². The molecule has 2 fully saturated rings. The zero-order chi connectivity index (χ0) is 14.4. The Morgan fingerprint density at radius 3 is 2.70 bits per heavy atom. The fourth-order valence-corrected chi connectivity index (χ4v) is 3.46. The average molecular weight is 281 g/mol. The number of hydrogen-bond acceptors (Lipinski definition) is 2. The largest absolute Gasteiger partial charge is 0.356 e. The molecule has 3 amide bonds. The SMILES string of the molecule is CNC(=O)N1CCCCCCNC(=O)C2CCCCC21. The van der Waals surface area contributed by atoms with Crippen LogP contribution < -0.4 is 10.6 Å². The van der Waals surface area contributed by atoms with E-state index in [1.54, 1.807) is 7.05 Å². The molecule has 0 bridgehead atoms. The molecule has 1 saturated heterocycles. The maximum absolute atomic E-state index is 12.4. The molecule has 0 spiro atoms. The van der Waals surface area contributed by atoms with Crippen LogP contribution in [-0.2, 0) is 4.79 Å². The van der Waals surface area contributed by atoms with Gasteiger partial charge in [0, 0.05) is 26.2 Å². The lowest BCUT2D eigenvalue weighted by Crippen LogP contribution is -2.53. The molecule has 1 saturated carbocycles. The smallest absolute Gasteiger partial charge is 0.317 e. The van der Waals surface area contributed by atoms with E-state index >= 15 is 0 Å². The molecule has 2 unspecified atom stereocenters. The Morgan fingerprint density at radius 1 is 1.15 bits per heavy atom. The van der Waals surface area contributed by atoms with Crippen LogP contribution in [0.5, 0.6) is 0 Å². The summed E-state index contributed by atoms with van der Waals surface area (Å²) in [7, 11) is 1.67. The minimum atomic E-state index is -0.0334. The van der Waals surface area contributed by atoms with Crippen molar-refractivity contribution in [3.05, 3.63) is 0 Å². The Morgan fingerprint density at radius 2 is 1.90 bits per heavy atom. The maximum Gasteiger partial charge on any atom is 0.317 e. The van der Waals surface area contributed by atoms with Crippen LogP contribution >= 0.6 is 0 Å². The molecule has 2 rings (SSSR count). The van der Waals surface area contributed by atoms with Gasteiger partial charge in [-0.05, 0) is 25.7 Å². The van der Waals surface area contributed by atoms with Crippen molar-refractivity contribution in [2.24, 2.45) is 5.92 Å². The summed E-state index contributed by atoms with van der Waals surface area (Å²) in [5, 5.41) is 5.80. The van der Waals surface area contributed by atoms with Gasteiger partial charge in [0.25, 0.3) is 0 Å². The highest BCUT2D eigenvalue weighted by Crippen LogP contribution is 2.29. The molecule has 0 aromatic heterocycles. The average Bonchev–Trinajstić information content (AvgIpc) is 2.52. The van der Waals surface area contributed by atoms with Gasteiger partial charge in [-0.2, -0.15) is 0 Å². The molecule has 0 aromatic carbocycles. The van der Waals surface area contributed by atoms with Gasteiger partial charge >= 0.3 is 6.03 Å². The number of fused-ring (bicyclic) bond motifs is 1. The van der Waals surface area contributed by atoms with Crippen LogP contribution in [0.15, 0.2) is 0 Å². The molecular formula is C15H27N3O2. The second-order valence-electron chi connectivity index (χ2n) is 5.91. The summed E-state index contributed by atoms with van der Waals surface area (Å²) < 4.78 is 0. The quantitative estimate of drug-likeness (QED) is 0.712. The molecule has 2 aliphatic rings. The molecule has 1 aliphatic heterocycles. The second kappa shape index (κ2) is 7.50. The predicted octanol–water partition coefficient (Wildman–Crippen LogP) is 1.88. The third kappa shape index (κ3) is 3.64. The van der Waals surface area contributed by atoms with E-state index in [1.165, 1.54) is 0 Å². The van der Waals surface area contributed by atoms with Gasteiger partial charge in [-0.1, -0.05) is 25.7 Å². The zero-order valence-corrected chi connectivity index (χ0v) is 12.5. The van der Waals surface area contributed by atoms with Gasteiger partial charge in [-0.25, -0.2) is 4.79 Å². The van der Waals surface area contributed by atoms with Crippen LogP contribution in [0, 0.1) is 5.92 Å². The summed E-state index contributed by atoms with van der Waals surface area (Å²) in [6.45, 7) is 1.55. The van der Waals surface area contributed by atoms with Crippen molar-refractivity contribution in [1.29, 1.82) is 0 Å². The van der Waals surface area contributed by atoms with Crippen molar-refractivity contribution >= 4 is 11.9 Å². The molecule has 2 atom stereocenters. The molecule has 1 heterocycles. The fourth-order valence-electron chi connectivity index (χ4n) is 3.46. The Kier molecular flexibility index (Phi) is 5.68. The van der Waals surface area contributed by atoms with E-state index in [9.17, 15) is 9.59 Å². The first-order valence-corrected chi connectivity index (χ1v) is 8.00. The number of amides is 3. The molecule has 0 aromatic rings. The lowest BCUT2D eigenvalue weighted by atomic mass is 9.82. The van der Waals surface area contributed by atoms with Gasteiger partial charge in [0.15, 0.2) is 0 Å². The summed E-state index contributed by atoms with van der Waals surface area (Å²) in [5.41, 5.74) is 0. The molecule has 5 nitrogen and oxygen atoms in total. The summed E-state index contributed by atoms with van der Waals surface area (Å²) in [5.74, 6) is 0.115. The van der Waals surface area contributed by atoms with Crippen LogP contribution in [0.2, 0.25) is 0 Å². The second-order valence-corrected chi connectivity index (χ2v) is 5.91. The van der Waals surface area contributed by atoms with Crippen molar-refractivity contribution in [2.45, 2.75) is 57.4 Å². The number of carbonyl (C=O) groups excluding carboxylic acids is 2. The van der Waals surface area contributed by atoms with E-state index < -0.39 is 0 Å². The standard InChI is InChI=1S/C15H27N3O2/c1-16-15(20)18-11-7-3-2-6-10-17-14(19)12-8-4-5-9-13(12)18/h12-13H,2-11H2,1H3,(H,16,20)(H,17,19). The van der Waals surface area contributed by atoms with Crippen molar-refractivity contribution in [3.8, 4) is 0 Å². The Balaban J connectivity index is 2.17. The molecule has 114 valence electrons. The molecule has 0 radical (unpaired) electrons. The first-order chi connectivity index (χ1) is 9.74. The number of carbonyl (C=O) groups is 2. The van der Waals surface area contributed by atoms with Gasteiger partial charge in [0.1, 0.15) is 0 Å². The first-order valence-electron chi connectivity index (χ1n) is 8.00. The number of urea groups is 1. The fraction of sp³-hybridized carbons (Fsp3) is 0.867. The van der Waals surface area contributed by atoms with Crippen molar-refractivity contribution in [3.63, 3.8) is 0 Å². The van der Waals surface area contributed by atoms with Gasteiger partial charge in [0.05, 0.1) is 5.92 Å². The highest BCUT2D eigenvalue weighted by Gasteiger charge is 2.36. The normalized spacial score (nSPS) is 28.9. The van der Waals surface area contributed by atoms with Crippen molar-refractivity contribution in [1.82, 2.24) is 15.5 Å². The van der Waals surface area contributed by atoms with Crippen LogP contribution in [-0.4, -0.2) is 43.0 Å². The highest BCUT2D eigenvalue weighted by atomic mass is 16.2. The topological polar surface area (TPSA) is 61.4 Å². The monoisotopic (exact) mass is 281 g/mol. The van der Waals surface area contributed by atoms with Crippen LogP contribution in [0.3, 0.4) is 0 Å². The minimum absolute atomic E-state index is 0.0286. The van der Waals surface area contributed by atoms with E-state index in [0.717, 1.165) is 64.5 Å². The van der Waals surface area contributed by atoms with E-state index in [2.05, 4.69) is 10.6 Å². The Hall–Kier alpha value is -1.26. The summed E-state index contributed by atoms with van der Waals surface area (Å²) >= 11 is 0.